The second-order valence-corrected chi connectivity index (χ2v) is 6.83. The van der Waals surface area contributed by atoms with Gasteiger partial charge in [-0.1, -0.05) is 24.3 Å². The Hall–Kier alpha value is -2.82. The van der Waals surface area contributed by atoms with E-state index in [0.29, 0.717) is 12.3 Å². The molecule has 0 unspecified atom stereocenters. The van der Waals surface area contributed by atoms with Crippen LogP contribution in [-0.2, 0) is 16.0 Å². The minimum Gasteiger partial charge on any atom is -0.497 e. The van der Waals surface area contributed by atoms with Crippen LogP contribution >= 0.6 is 0 Å². The highest BCUT2D eigenvalue weighted by Gasteiger charge is 2.38. The number of carbonyl (C=O) groups is 2. The number of anilines is 2. The first-order valence-corrected chi connectivity index (χ1v) is 9.01. The van der Waals surface area contributed by atoms with Crippen molar-refractivity contribution in [2.75, 3.05) is 30.0 Å². The molecule has 1 saturated heterocycles. The molecule has 0 aromatic heterocycles. The maximum atomic E-state index is 13.1. The van der Waals surface area contributed by atoms with Gasteiger partial charge < -0.3 is 14.5 Å². The number of fused-ring (bicyclic) bond motifs is 1. The van der Waals surface area contributed by atoms with Crippen molar-refractivity contribution < 1.29 is 14.3 Å². The summed E-state index contributed by atoms with van der Waals surface area (Å²) in [6.45, 7) is 1.14. The van der Waals surface area contributed by atoms with Gasteiger partial charge in [-0.3, -0.25) is 9.59 Å². The second-order valence-electron chi connectivity index (χ2n) is 6.83. The number of hydrogen-bond donors (Lipinski definition) is 0. The highest BCUT2D eigenvalue weighted by molar-refractivity contribution is 6.04. The summed E-state index contributed by atoms with van der Waals surface area (Å²) in [5.74, 6) is 0.438. The smallest absolute Gasteiger partial charge is 0.232 e. The van der Waals surface area contributed by atoms with Gasteiger partial charge in [-0.15, -0.1) is 0 Å². The largest absolute Gasteiger partial charge is 0.497 e. The van der Waals surface area contributed by atoms with Gasteiger partial charge >= 0.3 is 0 Å². The lowest BCUT2D eigenvalue weighted by Crippen LogP contribution is -2.40. The van der Waals surface area contributed by atoms with E-state index in [1.807, 2.05) is 47.4 Å². The van der Waals surface area contributed by atoms with Crippen molar-refractivity contribution >= 4 is 23.2 Å². The lowest BCUT2D eigenvalue weighted by Gasteiger charge is -2.31. The van der Waals surface area contributed by atoms with Crippen molar-refractivity contribution in [1.82, 2.24) is 0 Å². The third kappa shape index (κ3) is 2.94. The average molecular weight is 350 g/mol. The van der Waals surface area contributed by atoms with Crippen LogP contribution in [0.25, 0.3) is 0 Å². The number of ether oxygens (including phenoxy) is 1. The molecule has 26 heavy (non-hydrogen) atoms. The number of methoxy groups -OCH3 is 1. The highest BCUT2D eigenvalue weighted by Crippen LogP contribution is 2.32. The number of benzene rings is 2. The predicted molar refractivity (Wildman–Crippen MR) is 101 cm³/mol. The van der Waals surface area contributed by atoms with Crippen LogP contribution in [0, 0.1) is 5.92 Å². The van der Waals surface area contributed by atoms with E-state index in [4.69, 9.17) is 4.74 Å². The first-order valence-electron chi connectivity index (χ1n) is 9.01. The van der Waals surface area contributed by atoms with Gasteiger partial charge in [-0.05, 0) is 36.6 Å². The highest BCUT2D eigenvalue weighted by atomic mass is 16.5. The molecular formula is C21H22N2O3. The van der Waals surface area contributed by atoms with E-state index in [2.05, 4.69) is 6.07 Å². The van der Waals surface area contributed by atoms with E-state index in [-0.39, 0.29) is 24.2 Å². The van der Waals surface area contributed by atoms with Crippen molar-refractivity contribution in [3.8, 4) is 5.75 Å². The molecular weight excluding hydrogens is 328 g/mol. The van der Waals surface area contributed by atoms with Crippen LogP contribution in [0.15, 0.2) is 48.5 Å². The summed E-state index contributed by atoms with van der Waals surface area (Å²) in [5, 5.41) is 0. The molecule has 0 N–H and O–H groups in total. The molecule has 2 aromatic rings. The number of carbonyl (C=O) groups excluding carboxylic acids is 2. The van der Waals surface area contributed by atoms with Gasteiger partial charge in [0.2, 0.25) is 11.8 Å². The fourth-order valence-corrected chi connectivity index (χ4v) is 3.88. The Morgan fingerprint density at radius 1 is 1.15 bits per heavy atom. The molecule has 0 bridgehead atoms. The number of amides is 2. The first-order chi connectivity index (χ1) is 12.7. The predicted octanol–water partition coefficient (Wildman–Crippen LogP) is 3.03. The van der Waals surface area contributed by atoms with Crippen LogP contribution in [0.1, 0.15) is 18.4 Å². The number of nitrogens with zero attached hydrogens (tertiary/aromatic N) is 2. The molecule has 2 aliphatic heterocycles. The molecule has 2 amide bonds. The minimum atomic E-state index is -0.306. The van der Waals surface area contributed by atoms with E-state index >= 15 is 0 Å². The van der Waals surface area contributed by atoms with E-state index in [1.54, 1.807) is 12.0 Å². The average Bonchev–Trinajstić information content (AvgIpc) is 3.08. The van der Waals surface area contributed by atoms with Crippen molar-refractivity contribution in [2.45, 2.75) is 19.3 Å². The Bertz CT molecular complexity index is 849. The lowest BCUT2D eigenvalue weighted by atomic mass is 9.99. The molecule has 2 aromatic carbocycles. The van der Waals surface area contributed by atoms with Crippen LogP contribution in [0.2, 0.25) is 0 Å². The van der Waals surface area contributed by atoms with Crippen molar-refractivity contribution in [1.29, 1.82) is 0 Å². The summed E-state index contributed by atoms with van der Waals surface area (Å²) in [5.41, 5.74) is 2.99. The molecule has 0 spiro atoms. The van der Waals surface area contributed by atoms with E-state index in [1.165, 1.54) is 5.56 Å². The minimum absolute atomic E-state index is 0.0121. The second kappa shape index (κ2) is 6.83. The summed E-state index contributed by atoms with van der Waals surface area (Å²) >= 11 is 0. The zero-order chi connectivity index (χ0) is 18.1. The third-order valence-corrected chi connectivity index (χ3v) is 5.22. The molecule has 0 saturated carbocycles. The fourth-order valence-electron chi connectivity index (χ4n) is 3.88. The van der Waals surface area contributed by atoms with Crippen LogP contribution in [0.5, 0.6) is 5.75 Å². The molecule has 0 aliphatic carbocycles. The molecule has 1 atom stereocenters. The molecule has 134 valence electrons. The standard InChI is InChI=1S/C21H22N2O3/c1-26-18-9-4-8-17(13-18)23-14-16(12-20(23)24)21(25)22-11-5-7-15-6-2-3-10-19(15)22/h2-4,6,8-10,13,16H,5,7,11-12,14H2,1H3/t16-/m1/s1. The first kappa shape index (κ1) is 16.6. The van der Waals surface area contributed by atoms with E-state index in [9.17, 15) is 9.59 Å². The summed E-state index contributed by atoms with van der Waals surface area (Å²) in [6.07, 6.45) is 2.22. The zero-order valence-electron chi connectivity index (χ0n) is 14.9. The number of hydrogen-bond acceptors (Lipinski definition) is 3. The molecule has 2 aliphatic rings. The quantitative estimate of drug-likeness (QED) is 0.855. The maximum absolute atomic E-state index is 13.1. The van der Waals surface area contributed by atoms with Gasteiger partial charge in [0.05, 0.1) is 13.0 Å². The topological polar surface area (TPSA) is 49.9 Å². The Morgan fingerprint density at radius 3 is 2.85 bits per heavy atom. The van der Waals surface area contributed by atoms with Gasteiger partial charge in [0.25, 0.3) is 0 Å². The lowest BCUT2D eigenvalue weighted by molar-refractivity contribution is -0.124. The monoisotopic (exact) mass is 350 g/mol. The van der Waals surface area contributed by atoms with Crippen molar-refractivity contribution in [2.24, 2.45) is 5.92 Å². The molecule has 5 heteroatoms. The van der Waals surface area contributed by atoms with Crippen LogP contribution in [-0.4, -0.2) is 32.0 Å². The van der Waals surface area contributed by atoms with Gasteiger partial charge in [-0.2, -0.15) is 0 Å². The molecule has 4 rings (SSSR count). The van der Waals surface area contributed by atoms with Crippen molar-refractivity contribution in [3.05, 3.63) is 54.1 Å². The van der Waals surface area contributed by atoms with Crippen LogP contribution < -0.4 is 14.5 Å². The summed E-state index contributed by atoms with van der Waals surface area (Å²) < 4.78 is 5.25. The Morgan fingerprint density at radius 2 is 2.00 bits per heavy atom. The summed E-state index contributed by atoms with van der Waals surface area (Å²) in [7, 11) is 1.60. The van der Waals surface area contributed by atoms with Gasteiger partial charge in [0.1, 0.15) is 5.75 Å². The Labute approximate surface area is 153 Å². The molecule has 1 fully saturated rings. The Balaban J connectivity index is 1.55. The zero-order valence-corrected chi connectivity index (χ0v) is 14.9. The van der Waals surface area contributed by atoms with Crippen LogP contribution in [0.3, 0.4) is 0 Å². The number of aryl methyl sites for hydroxylation is 1. The molecule has 5 nitrogen and oxygen atoms in total. The van der Waals surface area contributed by atoms with E-state index < -0.39 is 0 Å². The summed E-state index contributed by atoms with van der Waals surface area (Å²) in [6, 6.07) is 15.5. The third-order valence-electron chi connectivity index (χ3n) is 5.22. The van der Waals surface area contributed by atoms with Crippen molar-refractivity contribution in [3.63, 3.8) is 0 Å². The van der Waals surface area contributed by atoms with E-state index in [0.717, 1.165) is 30.8 Å². The molecule has 0 radical (unpaired) electrons. The fraction of sp³-hybridized carbons (Fsp3) is 0.333. The van der Waals surface area contributed by atoms with Gasteiger partial charge in [0, 0.05) is 37.0 Å². The van der Waals surface area contributed by atoms with Gasteiger partial charge in [-0.25, -0.2) is 0 Å². The van der Waals surface area contributed by atoms with Crippen LogP contribution in [0.4, 0.5) is 11.4 Å². The number of para-hydroxylation sites is 1. The normalized spacial score (nSPS) is 19.4. The Kier molecular flexibility index (Phi) is 4.37. The SMILES string of the molecule is COc1cccc(N2C[C@H](C(=O)N3CCCc4ccccc43)CC2=O)c1. The maximum Gasteiger partial charge on any atom is 0.232 e. The molecule has 2 heterocycles. The van der Waals surface area contributed by atoms with Gasteiger partial charge in [0.15, 0.2) is 0 Å². The summed E-state index contributed by atoms with van der Waals surface area (Å²) in [4.78, 5) is 29.2. The number of rotatable bonds is 3.